The largest absolute Gasteiger partial charge is 0.694 e. The molecule has 0 aliphatic carbocycles. The van der Waals surface area contributed by atoms with Crippen molar-refractivity contribution in [2.75, 3.05) is 25.0 Å². The molecule has 5 nitrogen and oxygen atoms in total. The number of hydrogen-bond acceptors (Lipinski definition) is 4. The molecule has 0 aliphatic heterocycles. The van der Waals surface area contributed by atoms with Crippen LogP contribution in [0.15, 0.2) is 36.4 Å². The zero-order valence-corrected chi connectivity index (χ0v) is 18.3. The molecule has 0 radical (unpaired) electrons. The summed E-state index contributed by atoms with van der Waals surface area (Å²) in [6, 6.07) is 9.55. The highest BCUT2D eigenvalue weighted by atomic mass is 35.5. The summed E-state index contributed by atoms with van der Waals surface area (Å²) in [4.78, 5) is 8.52. The highest BCUT2D eigenvalue weighted by molar-refractivity contribution is 7.32. The maximum atomic E-state index is 14.3. The Bertz CT molecular complexity index is 810. The Hall–Kier alpha value is -1.63. The molecule has 1 atom stereocenters. The lowest BCUT2D eigenvalue weighted by atomic mass is 10.1. The molecule has 9 heteroatoms. The third kappa shape index (κ3) is 9.45. The van der Waals surface area contributed by atoms with Gasteiger partial charge in [-0.2, -0.15) is 0 Å². The molecule has 0 saturated heterocycles. The van der Waals surface area contributed by atoms with Crippen molar-refractivity contribution in [2.24, 2.45) is 0 Å². The van der Waals surface area contributed by atoms with Crippen molar-refractivity contribution in [1.82, 2.24) is 5.32 Å². The van der Waals surface area contributed by atoms with Gasteiger partial charge < -0.3 is 10.6 Å². The summed E-state index contributed by atoms with van der Waals surface area (Å²) in [5.41, 5.74) is 2.14. The van der Waals surface area contributed by atoms with E-state index in [9.17, 15) is 13.3 Å². The Morgan fingerprint density at radius 2 is 1.80 bits per heavy atom. The Balaban J connectivity index is 1.65. The van der Waals surface area contributed by atoms with Gasteiger partial charge in [-0.05, 0) is 62.1 Å². The molecule has 30 heavy (non-hydrogen) atoms. The van der Waals surface area contributed by atoms with Gasteiger partial charge in [0.25, 0.3) is 0 Å². The summed E-state index contributed by atoms with van der Waals surface area (Å²) >= 11 is 6.26. The average molecular weight is 460 g/mol. The van der Waals surface area contributed by atoms with Gasteiger partial charge in [-0.15, -0.1) is 9.42 Å². The maximum absolute atomic E-state index is 14.3. The third-order valence-electron chi connectivity index (χ3n) is 4.52. The normalized spacial score (nSPS) is 11.5. The first-order valence-electron chi connectivity index (χ1n) is 9.91. The van der Waals surface area contributed by atoms with E-state index in [0.29, 0.717) is 42.3 Å². The second-order valence-corrected chi connectivity index (χ2v) is 8.03. The molecule has 0 fully saturated rings. The van der Waals surface area contributed by atoms with Crippen LogP contribution in [0, 0.1) is 11.6 Å². The summed E-state index contributed by atoms with van der Waals surface area (Å²) < 4.78 is 42.1. The average Bonchev–Trinajstić information content (AvgIpc) is 2.71. The second-order valence-electron chi connectivity index (χ2n) is 6.89. The van der Waals surface area contributed by atoms with Crippen molar-refractivity contribution in [2.45, 2.75) is 38.6 Å². The number of unbranched alkanes of at least 4 members (excludes halogenated alkanes) is 2. The molecule has 0 bridgehead atoms. The first-order valence-corrected chi connectivity index (χ1v) is 11.4. The van der Waals surface area contributed by atoms with Crippen LogP contribution < -0.4 is 10.6 Å². The molecule has 0 amide bonds. The minimum Gasteiger partial charge on any atom is -0.384 e. The van der Waals surface area contributed by atoms with Crippen molar-refractivity contribution in [3.8, 4) is 0 Å². The van der Waals surface area contributed by atoms with Gasteiger partial charge in [0.05, 0.1) is 10.7 Å². The number of halogens is 3. The van der Waals surface area contributed by atoms with Gasteiger partial charge in [0, 0.05) is 23.2 Å². The van der Waals surface area contributed by atoms with Gasteiger partial charge in [0.15, 0.2) is 0 Å². The van der Waals surface area contributed by atoms with Gasteiger partial charge in [-0.1, -0.05) is 30.2 Å². The fraction of sp³-hybridized carbons (Fsp3) is 0.429. The molecule has 2 aromatic carbocycles. The molecule has 2 aromatic rings. The van der Waals surface area contributed by atoms with E-state index in [1.54, 1.807) is 18.2 Å². The van der Waals surface area contributed by atoms with Crippen molar-refractivity contribution < 1.29 is 22.8 Å². The van der Waals surface area contributed by atoms with Gasteiger partial charge in [0.2, 0.25) is 0 Å². The Labute approximate surface area is 181 Å². The van der Waals surface area contributed by atoms with Crippen molar-refractivity contribution >= 4 is 25.5 Å². The van der Waals surface area contributed by atoms with E-state index in [1.807, 2.05) is 0 Å². The summed E-state index contributed by atoms with van der Waals surface area (Å²) in [7, 11) is -2.57. The van der Waals surface area contributed by atoms with E-state index in [4.69, 9.17) is 16.5 Å². The molecule has 1 unspecified atom stereocenters. The summed E-state index contributed by atoms with van der Waals surface area (Å²) in [6.45, 7) is 1.68. The van der Waals surface area contributed by atoms with Crippen LogP contribution in [0.3, 0.4) is 0 Å². The lowest BCUT2D eigenvalue weighted by Crippen LogP contribution is -2.17. The standard InChI is InChI=1S/C21H26ClF2N2O3P/c22-19-13-17(15-25-10-4-12-29-30(27)28)20(24)14-21(19)26-11-3-1-2-5-16-6-8-18(23)9-7-16/h6-9,13-14,25-26H,1-5,10-12,15H2/p+1. The predicted molar refractivity (Wildman–Crippen MR) is 116 cm³/mol. The van der Waals surface area contributed by atoms with E-state index in [-0.39, 0.29) is 18.2 Å². The SMILES string of the molecule is O=[P+](O)OCCCNCc1cc(Cl)c(NCCCCCc2ccc(F)cc2)cc1F. The van der Waals surface area contributed by atoms with Crippen LogP contribution in [-0.4, -0.2) is 24.6 Å². The number of hydrogen-bond donors (Lipinski definition) is 3. The van der Waals surface area contributed by atoms with Gasteiger partial charge >= 0.3 is 8.25 Å². The molecule has 0 heterocycles. The molecule has 0 aliphatic rings. The van der Waals surface area contributed by atoms with Crippen LogP contribution in [0.2, 0.25) is 5.02 Å². The van der Waals surface area contributed by atoms with E-state index in [1.165, 1.54) is 18.2 Å². The van der Waals surface area contributed by atoms with Crippen LogP contribution in [0.25, 0.3) is 0 Å². The van der Waals surface area contributed by atoms with Gasteiger partial charge in [-0.25, -0.2) is 8.78 Å². The number of anilines is 1. The fourth-order valence-corrected chi connectivity index (χ4v) is 3.47. The van der Waals surface area contributed by atoms with E-state index in [0.717, 1.165) is 31.2 Å². The third-order valence-corrected chi connectivity index (χ3v) is 5.24. The first kappa shape index (κ1) is 24.6. The van der Waals surface area contributed by atoms with Crippen molar-refractivity contribution in [1.29, 1.82) is 0 Å². The number of aryl methyl sites for hydroxylation is 1. The summed E-state index contributed by atoms with van der Waals surface area (Å²) in [6.07, 6.45) is 4.37. The minimum atomic E-state index is -2.57. The summed E-state index contributed by atoms with van der Waals surface area (Å²) in [5, 5.41) is 6.68. The lowest BCUT2D eigenvalue weighted by Gasteiger charge is -2.12. The first-order chi connectivity index (χ1) is 14.5. The molecular formula is C21H27ClF2N2O3P+. The smallest absolute Gasteiger partial charge is 0.384 e. The van der Waals surface area contributed by atoms with Crippen LogP contribution in [0.4, 0.5) is 14.5 Å². The Kier molecular flexibility index (Phi) is 11.2. The molecule has 0 spiro atoms. The molecule has 3 N–H and O–H groups in total. The van der Waals surface area contributed by atoms with Gasteiger partial charge in [0.1, 0.15) is 18.2 Å². The lowest BCUT2D eigenvalue weighted by molar-refractivity contribution is 0.276. The highest BCUT2D eigenvalue weighted by Gasteiger charge is 2.11. The minimum absolute atomic E-state index is 0.161. The van der Waals surface area contributed by atoms with E-state index >= 15 is 0 Å². The number of rotatable bonds is 14. The van der Waals surface area contributed by atoms with Crippen molar-refractivity contribution in [3.63, 3.8) is 0 Å². The Morgan fingerprint density at radius 3 is 2.53 bits per heavy atom. The zero-order chi connectivity index (χ0) is 21.8. The molecule has 0 aromatic heterocycles. The topological polar surface area (TPSA) is 70.6 Å². The maximum Gasteiger partial charge on any atom is 0.694 e. The van der Waals surface area contributed by atoms with E-state index < -0.39 is 8.25 Å². The molecular weight excluding hydrogens is 433 g/mol. The monoisotopic (exact) mass is 459 g/mol. The van der Waals surface area contributed by atoms with E-state index in [2.05, 4.69) is 15.2 Å². The second kappa shape index (κ2) is 13.6. The Morgan fingerprint density at radius 1 is 1.03 bits per heavy atom. The quantitative estimate of drug-likeness (QED) is 0.254. The zero-order valence-electron chi connectivity index (χ0n) is 16.7. The van der Waals surface area contributed by atoms with Crippen LogP contribution in [-0.2, 0) is 22.1 Å². The van der Waals surface area contributed by atoms with Gasteiger partial charge in [-0.3, -0.25) is 0 Å². The van der Waals surface area contributed by atoms with Crippen LogP contribution >= 0.6 is 19.9 Å². The number of nitrogens with one attached hydrogen (secondary N) is 2. The predicted octanol–water partition coefficient (Wildman–Crippen LogP) is 5.59. The molecule has 0 saturated carbocycles. The number of benzene rings is 2. The molecule has 2 rings (SSSR count). The molecule has 164 valence electrons. The van der Waals surface area contributed by atoms with Crippen molar-refractivity contribution in [3.05, 3.63) is 64.2 Å². The highest BCUT2D eigenvalue weighted by Crippen LogP contribution is 2.26. The summed E-state index contributed by atoms with van der Waals surface area (Å²) in [5.74, 6) is -0.568. The van der Waals surface area contributed by atoms with Crippen LogP contribution in [0.5, 0.6) is 0 Å². The fourth-order valence-electron chi connectivity index (χ4n) is 2.93. The van der Waals surface area contributed by atoms with Crippen LogP contribution in [0.1, 0.15) is 36.8 Å².